The lowest BCUT2D eigenvalue weighted by Crippen LogP contribution is -2.29. The van der Waals surface area contributed by atoms with E-state index < -0.39 is 0 Å². The standard InChI is InChI=1S/C20H20N2O3/c1-2-25-14-11-17-15-9-6-10-16(15)19(13-7-4-3-5-8-13)21-20(17)18(12-14)22(23)24/h3-9,11-12,15-16,19,21H,2,10H2,1H3. The van der Waals surface area contributed by atoms with Gasteiger partial charge in [-0.3, -0.25) is 10.1 Å². The summed E-state index contributed by atoms with van der Waals surface area (Å²) in [5.41, 5.74) is 2.83. The topological polar surface area (TPSA) is 64.4 Å². The molecule has 1 aliphatic heterocycles. The van der Waals surface area contributed by atoms with Gasteiger partial charge in [0.2, 0.25) is 0 Å². The fourth-order valence-electron chi connectivity index (χ4n) is 4.04. The monoisotopic (exact) mass is 336 g/mol. The van der Waals surface area contributed by atoms with E-state index in [1.54, 1.807) is 0 Å². The highest BCUT2D eigenvalue weighted by molar-refractivity contribution is 5.73. The number of allylic oxidation sites excluding steroid dienone is 2. The van der Waals surface area contributed by atoms with Crippen molar-refractivity contribution in [2.75, 3.05) is 11.9 Å². The van der Waals surface area contributed by atoms with Crippen LogP contribution in [0.15, 0.2) is 54.6 Å². The van der Waals surface area contributed by atoms with Gasteiger partial charge >= 0.3 is 0 Å². The quantitative estimate of drug-likeness (QED) is 0.494. The van der Waals surface area contributed by atoms with Gasteiger partial charge in [0, 0.05) is 5.92 Å². The molecule has 25 heavy (non-hydrogen) atoms. The number of rotatable bonds is 4. The fourth-order valence-corrected chi connectivity index (χ4v) is 4.04. The summed E-state index contributed by atoms with van der Waals surface area (Å²) in [6, 6.07) is 13.7. The Bertz CT molecular complexity index is 832. The molecule has 0 amide bonds. The highest BCUT2D eigenvalue weighted by atomic mass is 16.6. The lowest BCUT2D eigenvalue weighted by Gasteiger charge is -2.37. The van der Waals surface area contributed by atoms with Crippen LogP contribution in [-0.2, 0) is 0 Å². The number of benzene rings is 2. The van der Waals surface area contributed by atoms with Crippen LogP contribution in [0.5, 0.6) is 5.75 Å². The maximum Gasteiger partial charge on any atom is 0.296 e. The summed E-state index contributed by atoms with van der Waals surface area (Å²) < 4.78 is 5.57. The number of ether oxygens (including phenoxy) is 1. The zero-order valence-corrected chi connectivity index (χ0v) is 14.0. The lowest BCUT2D eigenvalue weighted by molar-refractivity contribution is -0.384. The molecule has 0 aromatic heterocycles. The first-order chi connectivity index (χ1) is 12.2. The summed E-state index contributed by atoms with van der Waals surface area (Å²) >= 11 is 0. The Morgan fingerprint density at radius 2 is 2.08 bits per heavy atom. The van der Waals surface area contributed by atoms with Crippen LogP contribution < -0.4 is 10.1 Å². The van der Waals surface area contributed by atoms with Crippen LogP contribution in [0.2, 0.25) is 0 Å². The van der Waals surface area contributed by atoms with Crippen molar-refractivity contribution in [2.45, 2.75) is 25.3 Å². The van der Waals surface area contributed by atoms with Crippen molar-refractivity contribution in [3.05, 3.63) is 75.9 Å². The van der Waals surface area contributed by atoms with E-state index in [9.17, 15) is 10.1 Å². The Kier molecular flexibility index (Phi) is 3.92. The van der Waals surface area contributed by atoms with Crippen molar-refractivity contribution in [3.63, 3.8) is 0 Å². The summed E-state index contributed by atoms with van der Waals surface area (Å²) in [6.45, 7) is 2.37. The average Bonchev–Trinajstić information content (AvgIpc) is 3.11. The average molecular weight is 336 g/mol. The second kappa shape index (κ2) is 6.24. The van der Waals surface area contributed by atoms with Crippen molar-refractivity contribution < 1.29 is 9.66 Å². The zero-order chi connectivity index (χ0) is 17.4. The summed E-state index contributed by atoms with van der Waals surface area (Å²) in [4.78, 5) is 11.3. The molecular formula is C20H20N2O3. The number of hydrogen-bond acceptors (Lipinski definition) is 4. The van der Waals surface area contributed by atoms with E-state index >= 15 is 0 Å². The molecule has 0 saturated carbocycles. The van der Waals surface area contributed by atoms with Gasteiger partial charge in [0.25, 0.3) is 5.69 Å². The predicted molar refractivity (Wildman–Crippen MR) is 97.1 cm³/mol. The van der Waals surface area contributed by atoms with Gasteiger partial charge in [0.05, 0.1) is 23.6 Å². The molecule has 1 aliphatic carbocycles. The van der Waals surface area contributed by atoms with Crippen LogP contribution in [0.25, 0.3) is 0 Å². The first-order valence-corrected chi connectivity index (χ1v) is 8.62. The second-order valence-corrected chi connectivity index (χ2v) is 6.48. The number of nitro benzene ring substituents is 1. The van der Waals surface area contributed by atoms with Gasteiger partial charge in [-0.2, -0.15) is 0 Å². The molecule has 3 atom stereocenters. The Morgan fingerprint density at radius 3 is 2.80 bits per heavy atom. The molecule has 5 heteroatoms. The van der Waals surface area contributed by atoms with Crippen LogP contribution >= 0.6 is 0 Å². The molecule has 128 valence electrons. The summed E-state index contributed by atoms with van der Waals surface area (Å²) in [5, 5.41) is 15.1. The number of fused-ring (bicyclic) bond motifs is 3. The van der Waals surface area contributed by atoms with Crippen LogP contribution in [0.3, 0.4) is 0 Å². The molecular weight excluding hydrogens is 316 g/mol. The van der Waals surface area contributed by atoms with E-state index in [0.717, 1.165) is 17.5 Å². The summed E-state index contributed by atoms with van der Waals surface area (Å²) in [7, 11) is 0. The Balaban J connectivity index is 1.85. The highest BCUT2D eigenvalue weighted by Gasteiger charge is 2.41. The van der Waals surface area contributed by atoms with E-state index in [2.05, 4.69) is 29.6 Å². The van der Waals surface area contributed by atoms with E-state index in [4.69, 9.17) is 4.74 Å². The molecule has 2 aromatic carbocycles. The molecule has 0 spiro atoms. The van der Waals surface area contributed by atoms with Gasteiger partial charge in [0.1, 0.15) is 11.4 Å². The van der Waals surface area contributed by atoms with Gasteiger partial charge in [-0.25, -0.2) is 0 Å². The Morgan fingerprint density at radius 1 is 1.28 bits per heavy atom. The van der Waals surface area contributed by atoms with Gasteiger partial charge in [-0.1, -0.05) is 42.5 Å². The molecule has 3 unspecified atom stereocenters. The molecule has 0 radical (unpaired) electrons. The first kappa shape index (κ1) is 15.7. The van der Waals surface area contributed by atoms with E-state index in [1.165, 1.54) is 6.07 Å². The third-order valence-electron chi connectivity index (χ3n) is 5.09. The third kappa shape index (κ3) is 2.65. The largest absolute Gasteiger partial charge is 0.494 e. The maximum atomic E-state index is 11.7. The van der Waals surface area contributed by atoms with Crippen molar-refractivity contribution >= 4 is 11.4 Å². The van der Waals surface area contributed by atoms with Crippen LogP contribution in [0.1, 0.15) is 36.4 Å². The van der Waals surface area contributed by atoms with E-state index in [0.29, 0.717) is 24.0 Å². The van der Waals surface area contributed by atoms with Gasteiger partial charge in [0.15, 0.2) is 0 Å². The fraction of sp³-hybridized carbons (Fsp3) is 0.300. The highest BCUT2D eigenvalue weighted by Crippen LogP contribution is 2.53. The molecule has 0 saturated heterocycles. The predicted octanol–water partition coefficient (Wildman–Crippen LogP) is 4.82. The molecule has 0 fully saturated rings. The first-order valence-electron chi connectivity index (χ1n) is 8.62. The van der Waals surface area contributed by atoms with Gasteiger partial charge in [-0.05, 0) is 36.5 Å². The van der Waals surface area contributed by atoms with E-state index in [-0.39, 0.29) is 22.6 Å². The molecule has 0 bridgehead atoms. The number of anilines is 1. The molecule has 5 nitrogen and oxygen atoms in total. The Labute approximate surface area is 146 Å². The number of nitrogens with zero attached hydrogens (tertiary/aromatic N) is 1. The maximum absolute atomic E-state index is 11.7. The third-order valence-corrected chi connectivity index (χ3v) is 5.09. The Hall–Kier alpha value is -2.82. The van der Waals surface area contributed by atoms with Crippen LogP contribution in [0, 0.1) is 16.0 Å². The SMILES string of the molecule is CCOc1cc2c(c([N+](=O)[O-])c1)NC(c1ccccc1)C1CC=CC21. The van der Waals surface area contributed by atoms with Crippen LogP contribution in [0.4, 0.5) is 11.4 Å². The van der Waals surface area contributed by atoms with E-state index in [1.807, 2.05) is 31.2 Å². The van der Waals surface area contributed by atoms with Crippen molar-refractivity contribution in [1.29, 1.82) is 0 Å². The minimum Gasteiger partial charge on any atom is -0.494 e. The van der Waals surface area contributed by atoms with Gasteiger partial charge < -0.3 is 10.1 Å². The number of nitro groups is 1. The number of nitrogens with one attached hydrogen (secondary N) is 1. The minimum absolute atomic E-state index is 0.0605. The van der Waals surface area contributed by atoms with Crippen molar-refractivity contribution in [2.24, 2.45) is 5.92 Å². The molecule has 2 aromatic rings. The van der Waals surface area contributed by atoms with Crippen molar-refractivity contribution in [1.82, 2.24) is 0 Å². The molecule has 4 rings (SSSR count). The summed E-state index contributed by atoms with van der Waals surface area (Å²) in [6.07, 6.45) is 5.32. The molecule has 1 heterocycles. The van der Waals surface area contributed by atoms with Crippen LogP contribution in [-0.4, -0.2) is 11.5 Å². The summed E-state index contributed by atoms with van der Waals surface area (Å²) in [5.74, 6) is 1.08. The minimum atomic E-state index is -0.324. The van der Waals surface area contributed by atoms with Crippen molar-refractivity contribution in [3.8, 4) is 5.75 Å². The normalized spacial score (nSPS) is 23.5. The molecule has 1 N–H and O–H groups in total. The second-order valence-electron chi connectivity index (χ2n) is 6.48. The number of hydrogen-bond donors (Lipinski definition) is 1. The molecule has 2 aliphatic rings. The lowest BCUT2D eigenvalue weighted by atomic mass is 9.76. The zero-order valence-electron chi connectivity index (χ0n) is 14.0. The smallest absolute Gasteiger partial charge is 0.296 e. The van der Waals surface area contributed by atoms with Gasteiger partial charge in [-0.15, -0.1) is 0 Å².